The molecule has 4 N–H and O–H groups in total. The summed E-state index contributed by atoms with van der Waals surface area (Å²) in [5, 5.41) is 8.11. The van der Waals surface area contributed by atoms with Gasteiger partial charge in [-0.1, -0.05) is 0 Å². The molecule has 2 heterocycles. The number of nitrogens with one attached hydrogen (secondary N) is 2. The molecule has 76 valence electrons. The van der Waals surface area contributed by atoms with E-state index in [0.29, 0.717) is 11.4 Å². The molecule has 0 radical (unpaired) electrons. The Bertz CT molecular complexity index is 438. The van der Waals surface area contributed by atoms with Gasteiger partial charge in [0.2, 0.25) is 0 Å². The highest BCUT2D eigenvalue weighted by molar-refractivity contribution is 5.90. The van der Waals surface area contributed by atoms with E-state index in [4.69, 9.17) is 11.0 Å². The molecule has 0 aliphatic rings. The number of carbonyl (C=O) groups is 1. The lowest BCUT2D eigenvalue weighted by Gasteiger charge is -1.80. The molecule has 0 fully saturated rings. The summed E-state index contributed by atoms with van der Waals surface area (Å²) < 4.78 is 0. The molecule has 7 nitrogen and oxygen atoms in total. The first-order valence-electron chi connectivity index (χ1n) is 3.90. The summed E-state index contributed by atoms with van der Waals surface area (Å²) in [7, 11) is 0. The highest BCUT2D eigenvalue weighted by Gasteiger charge is 1.96. The Morgan fingerprint density at radius 1 is 1.33 bits per heavy atom. The predicted octanol–water partition coefficient (Wildman–Crippen LogP) is -0.210. The number of amides is 1. The lowest BCUT2D eigenvalue weighted by Crippen LogP contribution is -2.10. The average Bonchev–Trinajstić information content (AvgIpc) is 2.92. The van der Waals surface area contributed by atoms with Gasteiger partial charge in [-0.2, -0.15) is 5.26 Å². The van der Waals surface area contributed by atoms with Gasteiger partial charge in [0.05, 0.1) is 25.0 Å². The normalized spacial score (nSPS) is 8.47. The van der Waals surface area contributed by atoms with Crippen molar-refractivity contribution in [2.45, 2.75) is 0 Å². The molecule has 1 amide bonds. The van der Waals surface area contributed by atoms with Crippen molar-refractivity contribution in [1.82, 2.24) is 19.9 Å². The number of nitrogens with zero attached hydrogens (tertiary/aromatic N) is 3. The minimum Gasteiger partial charge on any atom is -0.364 e. The maximum absolute atomic E-state index is 10.2. The van der Waals surface area contributed by atoms with E-state index in [0.717, 1.165) is 0 Å². The molecule has 2 rings (SSSR count). The van der Waals surface area contributed by atoms with Crippen LogP contribution in [0.1, 0.15) is 16.2 Å². The van der Waals surface area contributed by atoms with Crippen LogP contribution in [0.2, 0.25) is 0 Å². The van der Waals surface area contributed by atoms with Gasteiger partial charge in [-0.25, -0.2) is 9.97 Å². The Kier molecular flexibility index (Phi) is 3.61. The van der Waals surface area contributed by atoms with Crippen molar-refractivity contribution in [1.29, 1.82) is 5.26 Å². The van der Waals surface area contributed by atoms with E-state index in [2.05, 4.69) is 19.9 Å². The van der Waals surface area contributed by atoms with E-state index in [9.17, 15) is 4.79 Å². The third-order valence-corrected chi connectivity index (χ3v) is 1.38. The zero-order chi connectivity index (χ0) is 11.1. The lowest BCUT2D eigenvalue weighted by atomic mass is 10.5. The molecule has 0 saturated heterocycles. The number of primary amides is 1. The average molecular weight is 204 g/mol. The molecular weight excluding hydrogens is 196 g/mol. The van der Waals surface area contributed by atoms with Gasteiger partial charge in [0.15, 0.2) is 0 Å². The van der Waals surface area contributed by atoms with Crippen LogP contribution in [-0.4, -0.2) is 25.8 Å². The summed E-state index contributed by atoms with van der Waals surface area (Å²) >= 11 is 0. The highest BCUT2D eigenvalue weighted by Crippen LogP contribution is 1.85. The second kappa shape index (κ2) is 5.18. The van der Waals surface area contributed by atoms with Gasteiger partial charge in [0, 0.05) is 0 Å². The number of carbonyl (C=O) groups excluding carboxylic acids is 1. The van der Waals surface area contributed by atoms with Crippen LogP contribution < -0.4 is 5.73 Å². The van der Waals surface area contributed by atoms with Gasteiger partial charge < -0.3 is 15.7 Å². The summed E-state index contributed by atoms with van der Waals surface area (Å²) in [5.41, 5.74) is 5.69. The topological polar surface area (TPSA) is 124 Å². The molecule has 0 aliphatic heterocycles. The minimum atomic E-state index is -0.484. The van der Waals surface area contributed by atoms with Crippen LogP contribution in [-0.2, 0) is 0 Å². The maximum Gasteiger partial charge on any atom is 0.266 e. The molecule has 0 aliphatic carbocycles. The van der Waals surface area contributed by atoms with Gasteiger partial charge in [-0.15, -0.1) is 0 Å². The number of rotatable bonds is 1. The third kappa shape index (κ3) is 3.31. The monoisotopic (exact) mass is 204 g/mol. The molecular formula is C8H8N6O. The van der Waals surface area contributed by atoms with E-state index in [-0.39, 0.29) is 0 Å². The fourth-order valence-electron chi connectivity index (χ4n) is 0.708. The number of H-pyrrole nitrogens is 2. The van der Waals surface area contributed by atoms with E-state index in [1.54, 1.807) is 0 Å². The number of nitrogens with two attached hydrogens (primary N) is 1. The molecule has 0 atom stereocenters. The number of aromatic amines is 2. The van der Waals surface area contributed by atoms with Crippen molar-refractivity contribution < 1.29 is 4.79 Å². The zero-order valence-electron chi connectivity index (χ0n) is 7.64. The predicted molar refractivity (Wildman–Crippen MR) is 50.4 cm³/mol. The van der Waals surface area contributed by atoms with Crippen molar-refractivity contribution in [3.8, 4) is 6.07 Å². The first-order valence-corrected chi connectivity index (χ1v) is 3.90. The van der Waals surface area contributed by atoms with Gasteiger partial charge >= 0.3 is 0 Å². The molecule has 15 heavy (non-hydrogen) atoms. The summed E-state index contributed by atoms with van der Waals surface area (Å²) in [6.07, 6.45) is 5.72. The van der Waals surface area contributed by atoms with E-state index in [1.165, 1.54) is 25.0 Å². The van der Waals surface area contributed by atoms with Crippen molar-refractivity contribution in [2.24, 2.45) is 5.73 Å². The van der Waals surface area contributed by atoms with Crippen LogP contribution in [0.25, 0.3) is 0 Å². The van der Waals surface area contributed by atoms with Crippen LogP contribution in [0.5, 0.6) is 0 Å². The molecule has 0 spiro atoms. The molecule has 0 aromatic carbocycles. The lowest BCUT2D eigenvalue weighted by molar-refractivity contribution is 0.0996. The Morgan fingerprint density at radius 3 is 2.27 bits per heavy atom. The van der Waals surface area contributed by atoms with E-state index in [1.807, 2.05) is 6.07 Å². The largest absolute Gasteiger partial charge is 0.364 e. The Morgan fingerprint density at radius 2 is 2.00 bits per heavy atom. The van der Waals surface area contributed by atoms with Crippen LogP contribution in [0, 0.1) is 11.3 Å². The Labute approximate surface area is 85.0 Å². The van der Waals surface area contributed by atoms with Crippen LogP contribution >= 0.6 is 0 Å². The summed E-state index contributed by atoms with van der Waals surface area (Å²) in [5.74, 6) is -0.484. The number of hydrogen-bond acceptors (Lipinski definition) is 4. The van der Waals surface area contributed by atoms with Crippen molar-refractivity contribution in [3.05, 3.63) is 36.4 Å². The fraction of sp³-hybridized carbons (Fsp3) is 0. The Hall–Kier alpha value is -2.62. The standard InChI is InChI=1S/C4H5N3O.C4H3N3/c5-4(8)3-1-6-2-7-3;5-1-4-2-6-3-7-4/h1-2H,(H2,5,8)(H,6,7);2-3H,(H,6,7). The number of aromatic nitrogens is 4. The second-order valence-electron chi connectivity index (χ2n) is 2.41. The van der Waals surface area contributed by atoms with E-state index < -0.39 is 5.91 Å². The molecule has 2 aromatic heterocycles. The van der Waals surface area contributed by atoms with Crippen molar-refractivity contribution in [2.75, 3.05) is 0 Å². The summed E-state index contributed by atoms with van der Waals surface area (Å²) in [6, 6.07) is 1.89. The Balaban J connectivity index is 0.000000151. The number of imidazole rings is 2. The summed E-state index contributed by atoms with van der Waals surface area (Å²) in [4.78, 5) is 22.6. The molecule has 0 saturated carbocycles. The van der Waals surface area contributed by atoms with Crippen molar-refractivity contribution >= 4 is 5.91 Å². The maximum atomic E-state index is 10.2. The highest BCUT2D eigenvalue weighted by atomic mass is 16.1. The van der Waals surface area contributed by atoms with Gasteiger partial charge in [0.25, 0.3) is 5.91 Å². The first kappa shape index (κ1) is 10.5. The smallest absolute Gasteiger partial charge is 0.266 e. The molecule has 0 bridgehead atoms. The molecule has 2 aromatic rings. The van der Waals surface area contributed by atoms with Crippen LogP contribution in [0.15, 0.2) is 25.0 Å². The first-order chi connectivity index (χ1) is 7.24. The molecule has 0 unspecified atom stereocenters. The second-order valence-corrected chi connectivity index (χ2v) is 2.41. The van der Waals surface area contributed by atoms with Gasteiger partial charge in [-0.3, -0.25) is 4.79 Å². The van der Waals surface area contributed by atoms with Crippen LogP contribution in [0.4, 0.5) is 0 Å². The summed E-state index contributed by atoms with van der Waals surface area (Å²) in [6.45, 7) is 0. The molecule has 7 heteroatoms. The third-order valence-electron chi connectivity index (χ3n) is 1.38. The zero-order valence-corrected chi connectivity index (χ0v) is 7.64. The van der Waals surface area contributed by atoms with Crippen LogP contribution in [0.3, 0.4) is 0 Å². The van der Waals surface area contributed by atoms with Gasteiger partial charge in [-0.05, 0) is 0 Å². The number of nitriles is 1. The van der Waals surface area contributed by atoms with E-state index >= 15 is 0 Å². The quantitative estimate of drug-likeness (QED) is 0.594. The minimum absolute atomic E-state index is 0.338. The SMILES string of the molecule is N#Cc1cnc[nH]1.NC(=O)c1cnc[nH]1. The number of hydrogen-bond donors (Lipinski definition) is 3. The van der Waals surface area contributed by atoms with Crippen molar-refractivity contribution in [3.63, 3.8) is 0 Å². The fourth-order valence-corrected chi connectivity index (χ4v) is 0.708. The van der Waals surface area contributed by atoms with Gasteiger partial charge in [0.1, 0.15) is 17.5 Å².